The first-order valence-corrected chi connectivity index (χ1v) is 5.53. The highest BCUT2D eigenvalue weighted by Crippen LogP contribution is 2.22. The molecule has 14 heavy (non-hydrogen) atoms. The number of hydrogen-bond acceptors (Lipinski definition) is 3. The SMILES string of the molecule is NNS(=O)(=O)c1cc(F)c(Br)cc1F. The summed E-state index contributed by atoms with van der Waals surface area (Å²) in [5.74, 6) is 2.68. The minimum absolute atomic E-state index is 0.161. The Morgan fingerprint density at radius 3 is 2.36 bits per heavy atom. The van der Waals surface area contributed by atoms with Gasteiger partial charge in [-0.2, -0.15) is 0 Å². The Hall–Kier alpha value is -0.570. The van der Waals surface area contributed by atoms with Gasteiger partial charge in [-0.25, -0.2) is 17.2 Å². The van der Waals surface area contributed by atoms with Crippen molar-refractivity contribution in [2.24, 2.45) is 5.84 Å². The Bertz CT molecular complexity index is 463. The van der Waals surface area contributed by atoms with Gasteiger partial charge in [0.05, 0.1) is 4.47 Å². The second-order valence-electron chi connectivity index (χ2n) is 2.32. The average molecular weight is 287 g/mol. The number of hydrazine groups is 1. The molecule has 0 aliphatic carbocycles. The first-order valence-electron chi connectivity index (χ1n) is 3.25. The van der Waals surface area contributed by atoms with Crippen molar-refractivity contribution in [3.63, 3.8) is 0 Å². The maximum absolute atomic E-state index is 13.0. The van der Waals surface area contributed by atoms with Crippen LogP contribution >= 0.6 is 15.9 Å². The Labute approximate surface area is 87.3 Å². The monoisotopic (exact) mass is 286 g/mol. The third-order valence-corrected chi connectivity index (χ3v) is 3.23. The standard InChI is InChI=1S/C6H5BrF2N2O2S/c7-3-1-5(9)6(2-4(3)8)14(12,13)11-10/h1-2,11H,10H2. The van der Waals surface area contributed by atoms with Gasteiger partial charge in [0.15, 0.2) is 0 Å². The van der Waals surface area contributed by atoms with Crippen molar-refractivity contribution >= 4 is 26.0 Å². The Morgan fingerprint density at radius 1 is 1.29 bits per heavy atom. The predicted octanol–water partition coefficient (Wildman–Crippen LogP) is 0.879. The van der Waals surface area contributed by atoms with Gasteiger partial charge in [-0.05, 0) is 28.1 Å². The molecule has 0 spiro atoms. The van der Waals surface area contributed by atoms with Crippen molar-refractivity contribution in [1.82, 2.24) is 4.83 Å². The van der Waals surface area contributed by atoms with Crippen LogP contribution in [0.15, 0.2) is 21.5 Å². The van der Waals surface area contributed by atoms with Crippen LogP contribution < -0.4 is 10.7 Å². The molecule has 0 saturated heterocycles. The molecule has 0 aromatic heterocycles. The van der Waals surface area contributed by atoms with Crippen molar-refractivity contribution in [1.29, 1.82) is 0 Å². The van der Waals surface area contributed by atoms with Crippen LogP contribution in [0.2, 0.25) is 0 Å². The molecule has 0 aliphatic rings. The van der Waals surface area contributed by atoms with E-state index in [0.29, 0.717) is 12.1 Å². The lowest BCUT2D eigenvalue weighted by Gasteiger charge is -2.04. The molecule has 0 aliphatic heterocycles. The van der Waals surface area contributed by atoms with E-state index in [2.05, 4.69) is 21.8 Å². The predicted molar refractivity (Wildman–Crippen MR) is 48.6 cm³/mol. The van der Waals surface area contributed by atoms with Gasteiger partial charge in [0.2, 0.25) is 0 Å². The fourth-order valence-electron chi connectivity index (χ4n) is 0.774. The molecule has 0 amide bonds. The van der Waals surface area contributed by atoms with Gasteiger partial charge >= 0.3 is 0 Å². The van der Waals surface area contributed by atoms with Gasteiger partial charge in [0.25, 0.3) is 10.0 Å². The number of rotatable bonds is 2. The second kappa shape index (κ2) is 3.89. The molecule has 0 atom stereocenters. The Balaban J connectivity index is 3.45. The second-order valence-corrected chi connectivity index (χ2v) is 4.85. The van der Waals surface area contributed by atoms with E-state index in [9.17, 15) is 17.2 Å². The van der Waals surface area contributed by atoms with E-state index in [1.807, 2.05) is 0 Å². The highest BCUT2D eigenvalue weighted by molar-refractivity contribution is 9.10. The zero-order chi connectivity index (χ0) is 10.9. The fraction of sp³-hybridized carbons (Fsp3) is 0. The highest BCUT2D eigenvalue weighted by Gasteiger charge is 2.19. The van der Waals surface area contributed by atoms with Crippen molar-refractivity contribution in [3.8, 4) is 0 Å². The van der Waals surface area contributed by atoms with Gasteiger partial charge < -0.3 is 0 Å². The molecule has 4 nitrogen and oxygen atoms in total. The fourth-order valence-corrected chi connectivity index (χ4v) is 1.79. The zero-order valence-corrected chi connectivity index (χ0v) is 8.99. The average Bonchev–Trinajstić information content (AvgIpc) is 2.11. The maximum atomic E-state index is 13.0. The maximum Gasteiger partial charge on any atom is 0.256 e. The summed E-state index contributed by atoms with van der Waals surface area (Å²) in [4.78, 5) is 0.563. The van der Waals surface area contributed by atoms with Crippen molar-refractivity contribution in [3.05, 3.63) is 28.2 Å². The molecule has 0 saturated carbocycles. The topological polar surface area (TPSA) is 72.2 Å². The third kappa shape index (κ3) is 2.08. The molecule has 1 aromatic rings. The van der Waals surface area contributed by atoms with E-state index in [0.717, 1.165) is 0 Å². The molecule has 1 aromatic carbocycles. The molecule has 0 unspecified atom stereocenters. The molecular formula is C6H5BrF2N2O2S. The zero-order valence-electron chi connectivity index (χ0n) is 6.59. The van der Waals surface area contributed by atoms with E-state index in [-0.39, 0.29) is 4.47 Å². The van der Waals surface area contributed by atoms with E-state index < -0.39 is 26.6 Å². The number of sulfonamides is 1. The minimum atomic E-state index is -4.18. The van der Waals surface area contributed by atoms with Crippen LogP contribution in [-0.2, 0) is 10.0 Å². The summed E-state index contributed by atoms with van der Waals surface area (Å²) < 4.78 is 47.8. The highest BCUT2D eigenvalue weighted by atomic mass is 79.9. The quantitative estimate of drug-likeness (QED) is 0.482. The molecule has 0 bridgehead atoms. The van der Waals surface area contributed by atoms with Gasteiger partial charge in [0.1, 0.15) is 16.5 Å². The number of nitrogens with two attached hydrogens (primary N) is 1. The first kappa shape index (κ1) is 11.5. The lowest BCUT2D eigenvalue weighted by Crippen LogP contribution is -2.31. The van der Waals surface area contributed by atoms with Crippen LogP contribution in [0.25, 0.3) is 0 Å². The van der Waals surface area contributed by atoms with E-state index in [1.54, 1.807) is 0 Å². The molecule has 0 radical (unpaired) electrons. The van der Waals surface area contributed by atoms with Crippen LogP contribution in [-0.4, -0.2) is 8.42 Å². The normalized spacial score (nSPS) is 11.7. The molecule has 0 fully saturated rings. The molecule has 8 heteroatoms. The summed E-state index contributed by atoms with van der Waals surface area (Å²) >= 11 is 2.71. The Morgan fingerprint density at radius 2 is 1.86 bits per heavy atom. The van der Waals surface area contributed by atoms with E-state index in [1.165, 1.54) is 4.83 Å². The number of hydrogen-bond donors (Lipinski definition) is 2. The molecule has 0 heterocycles. The summed E-state index contributed by atoms with van der Waals surface area (Å²) in [6.45, 7) is 0. The molecule has 1 rings (SSSR count). The van der Waals surface area contributed by atoms with Gasteiger partial charge in [-0.3, -0.25) is 5.84 Å². The summed E-state index contributed by atoms with van der Waals surface area (Å²) in [5, 5.41) is 0. The largest absolute Gasteiger partial charge is 0.257 e. The number of halogens is 3. The summed E-state index contributed by atoms with van der Waals surface area (Å²) in [5.41, 5.74) is 0. The molecule has 3 N–H and O–H groups in total. The lowest BCUT2D eigenvalue weighted by atomic mass is 10.3. The summed E-state index contributed by atoms with van der Waals surface area (Å²) in [6.07, 6.45) is 0. The Kier molecular flexibility index (Phi) is 3.20. The minimum Gasteiger partial charge on any atom is -0.257 e. The van der Waals surface area contributed by atoms with E-state index >= 15 is 0 Å². The number of nitrogens with one attached hydrogen (secondary N) is 1. The van der Waals surface area contributed by atoms with Crippen molar-refractivity contribution in [2.75, 3.05) is 0 Å². The summed E-state index contributed by atoms with van der Waals surface area (Å²) in [6, 6.07) is 1.24. The van der Waals surface area contributed by atoms with Crippen LogP contribution in [0.4, 0.5) is 8.78 Å². The number of benzene rings is 1. The van der Waals surface area contributed by atoms with Crippen molar-refractivity contribution < 1.29 is 17.2 Å². The first-order chi connectivity index (χ1) is 6.38. The van der Waals surface area contributed by atoms with Crippen molar-refractivity contribution in [2.45, 2.75) is 4.90 Å². The van der Waals surface area contributed by atoms with Crippen LogP contribution in [0, 0.1) is 11.6 Å². The third-order valence-electron chi connectivity index (χ3n) is 1.42. The van der Waals surface area contributed by atoms with Crippen LogP contribution in [0.5, 0.6) is 0 Å². The van der Waals surface area contributed by atoms with Gasteiger partial charge in [-0.15, -0.1) is 4.83 Å². The molecule has 78 valence electrons. The smallest absolute Gasteiger partial charge is 0.256 e. The van der Waals surface area contributed by atoms with Crippen LogP contribution in [0.1, 0.15) is 0 Å². The van der Waals surface area contributed by atoms with Crippen LogP contribution in [0.3, 0.4) is 0 Å². The molecular weight excluding hydrogens is 282 g/mol. The van der Waals surface area contributed by atoms with Gasteiger partial charge in [-0.1, -0.05) is 0 Å². The lowest BCUT2D eigenvalue weighted by molar-refractivity contribution is 0.544. The summed E-state index contributed by atoms with van der Waals surface area (Å²) in [7, 11) is -4.18. The van der Waals surface area contributed by atoms with E-state index in [4.69, 9.17) is 0 Å². The van der Waals surface area contributed by atoms with Gasteiger partial charge in [0, 0.05) is 0 Å².